The highest BCUT2D eigenvalue weighted by atomic mass is 35.5. The molecule has 0 radical (unpaired) electrons. The Morgan fingerprint density at radius 1 is 1.12 bits per heavy atom. The molecule has 3 aromatic rings. The minimum atomic E-state index is -0.548. The van der Waals surface area contributed by atoms with Crippen LogP contribution < -0.4 is 10.6 Å². The van der Waals surface area contributed by atoms with E-state index in [0.29, 0.717) is 15.7 Å². The summed E-state index contributed by atoms with van der Waals surface area (Å²) in [5.74, 6) is 0. The lowest BCUT2D eigenvalue weighted by Crippen LogP contribution is -2.19. The smallest absolute Gasteiger partial charge is 0.305 e. The van der Waals surface area contributed by atoms with Crippen LogP contribution in [-0.4, -0.2) is 11.0 Å². The number of benzene rings is 2. The maximum Gasteiger partial charge on any atom is 0.325 e. The Balaban J connectivity index is 1.79. The second kappa shape index (κ2) is 6.83. The van der Waals surface area contributed by atoms with Crippen molar-refractivity contribution >= 4 is 73.2 Å². The number of anilines is 2. The summed E-state index contributed by atoms with van der Waals surface area (Å²) in [6.45, 7) is 0. The Morgan fingerprint density at radius 3 is 2.50 bits per heavy atom. The summed E-state index contributed by atoms with van der Waals surface area (Å²) in [5.41, 5.74) is 1.26. The molecule has 1 aromatic heterocycles. The van der Waals surface area contributed by atoms with Gasteiger partial charge in [-0.25, -0.2) is 9.78 Å². The zero-order valence-electron chi connectivity index (χ0n) is 11.7. The van der Waals surface area contributed by atoms with Crippen LogP contribution in [0.4, 0.5) is 15.6 Å². The van der Waals surface area contributed by atoms with E-state index in [1.54, 1.807) is 18.2 Å². The highest BCUT2D eigenvalue weighted by molar-refractivity contribution is 7.22. The fourth-order valence-corrected chi connectivity index (χ4v) is 3.67. The van der Waals surface area contributed by atoms with Crippen molar-refractivity contribution in [3.8, 4) is 6.07 Å². The minimum absolute atomic E-state index is 0.172. The summed E-state index contributed by atoms with van der Waals surface area (Å²) >= 11 is 19.3. The number of rotatable bonds is 2. The van der Waals surface area contributed by atoms with Gasteiger partial charge in [-0.2, -0.15) is 5.26 Å². The number of amides is 2. The summed E-state index contributed by atoms with van der Waals surface area (Å²) in [4.78, 5) is 16.4. The molecule has 24 heavy (non-hydrogen) atoms. The van der Waals surface area contributed by atoms with E-state index < -0.39 is 6.03 Å². The van der Waals surface area contributed by atoms with E-state index >= 15 is 0 Å². The Labute approximate surface area is 155 Å². The van der Waals surface area contributed by atoms with Crippen molar-refractivity contribution in [3.63, 3.8) is 0 Å². The van der Waals surface area contributed by atoms with Crippen molar-refractivity contribution in [3.05, 3.63) is 51.0 Å². The number of urea groups is 1. The van der Waals surface area contributed by atoms with E-state index in [0.717, 1.165) is 10.2 Å². The zero-order chi connectivity index (χ0) is 17.3. The topological polar surface area (TPSA) is 77.8 Å². The molecular weight excluding hydrogens is 391 g/mol. The lowest BCUT2D eigenvalue weighted by molar-refractivity contribution is 0.262. The van der Waals surface area contributed by atoms with Gasteiger partial charge in [0, 0.05) is 5.02 Å². The molecule has 0 aliphatic carbocycles. The monoisotopic (exact) mass is 396 g/mol. The normalized spacial score (nSPS) is 10.4. The number of hydrogen-bond acceptors (Lipinski definition) is 4. The number of halogens is 3. The summed E-state index contributed by atoms with van der Waals surface area (Å²) in [6.07, 6.45) is 0. The molecule has 120 valence electrons. The van der Waals surface area contributed by atoms with E-state index in [1.807, 2.05) is 6.07 Å². The van der Waals surface area contributed by atoms with E-state index in [-0.39, 0.29) is 15.7 Å². The molecule has 0 atom stereocenters. The lowest BCUT2D eigenvalue weighted by Gasteiger charge is -2.09. The number of thiazole rings is 1. The highest BCUT2D eigenvalue weighted by Crippen LogP contribution is 2.32. The van der Waals surface area contributed by atoms with Crippen LogP contribution in [0.3, 0.4) is 0 Å². The van der Waals surface area contributed by atoms with Crippen molar-refractivity contribution in [1.82, 2.24) is 4.98 Å². The number of carbonyl (C=O) groups is 1. The molecule has 1 heterocycles. The van der Waals surface area contributed by atoms with E-state index in [9.17, 15) is 4.79 Å². The molecule has 0 unspecified atom stereocenters. The van der Waals surface area contributed by atoms with Crippen LogP contribution in [0.1, 0.15) is 5.56 Å². The SMILES string of the molecule is N#Cc1cc(Cl)c(NC(=O)Nc2nc3ccc(Cl)cc3s2)c(Cl)c1. The first-order chi connectivity index (χ1) is 11.5. The number of fused-ring (bicyclic) bond motifs is 1. The molecule has 2 aromatic carbocycles. The molecule has 0 aliphatic rings. The molecule has 9 heteroatoms. The second-order valence-corrected chi connectivity index (χ2v) is 6.92. The van der Waals surface area contributed by atoms with Gasteiger partial charge in [-0.1, -0.05) is 46.1 Å². The molecule has 0 saturated heterocycles. The summed E-state index contributed by atoms with van der Waals surface area (Å²) in [7, 11) is 0. The van der Waals surface area contributed by atoms with Crippen LogP contribution in [0.5, 0.6) is 0 Å². The molecule has 5 nitrogen and oxygen atoms in total. The van der Waals surface area contributed by atoms with Gasteiger partial charge in [0.25, 0.3) is 0 Å². The Bertz CT molecular complexity index is 973. The maximum atomic E-state index is 12.1. The van der Waals surface area contributed by atoms with Crippen molar-refractivity contribution < 1.29 is 4.79 Å². The fraction of sp³-hybridized carbons (Fsp3) is 0. The third kappa shape index (κ3) is 3.55. The van der Waals surface area contributed by atoms with Gasteiger partial charge in [0.15, 0.2) is 5.13 Å². The Kier molecular flexibility index (Phi) is 4.78. The molecule has 0 spiro atoms. The van der Waals surface area contributed by atoms with Gasteiger partial charge in [-0.05, 0) is 30.3 Å². The van der Waals surface area contributed by atoms with Crippen LogP contribution in [0.2, 0.25) is 15.1 Å². The molecule has 0 bridgehead atoms. The number of nitrogens with one attached hydrogen (secondary N) is 2. The standard InChI is InChI=1S/C15H7Cl3N4OS/c16-8-1-2-11-12(5-8)24-15(20-11)22-14(23)21-13-9(17)3-7(6-19)4-10(13)18/h1-5H,(H2,20,21,22,23). The number of aromatic nitrogens is 1. The van der Waals surface area contributed by atoms with Crippen LogP contribution in [-0.2, 0) is 0 Å². The summed E-state index contributed by atoms with van der Waals surface area (Å²) in [6, 6.07) is 9.49. The van der Waals surface area contributed by atoms with Gasteiger partial charge >= 0.3 is 6.03 Å². The predicted molar refractivity (Wildman–Crippen MR) is 98.4 cm³/mol. The lowest BCUT2D eigenvalue weighted by atomic mass is 10.2. The highest BCUT2D eigenvalue weighted by Gasteiger charge is 2.13. The number of carbonyl (C=O) groups excluding carboxylic acids is 1. The first kappa shape index (κ1) is 16.8. The van der Waals surface area contributed by atoms with E-state index in [4.69, 9.17) is 40.1 Å². The molecule has 2 N–H and O–H groups in total. The Morgan fingerprint density at radius 2 is 1.83 bits per heavy atom. The van der Waals surface area contributed by atoms with Gasteiger partial charge in [0.2, 0.25) is 0 Å². The first-order valence-corrected chi connectivity index (χ1v) is 8.44. The quantitative estimate of drug-likeness (QED) is 0.576. The minimum Gasteiger partial charge on any atom is -0.305 e. The van der Waals surface area contributed by atoms with Crippen LogP contribution in [0.15, 0.2) is 30.3 Å². The third-order valence-corrected chi connectivity index (χ3v) is 4.75. The van der Waals surface area contributed by atoms with Gasteiger partial charge in [-0.15, -0.1) is 0 Å². The second-order valence-electron chi connectivity index (χ2n) is 4.64. The van der Waals surface area contributed by atoms with E-state index in [2.05, 4.69) is 15.6 Å². The molecule has 0 aliphatic heterocycles. The molecular formula is C15H7Cl3N4OS. The average Bonchev–Trinajstić information content (AvgIpc) is 2.91. The van der Waals surface area contributed by atoms with Gasteiger partial charge in [0.05, 0.1) is 37.6 Å². The van der Waals surface area contributed by atoms with Gasteiger partial charge in [-0.3, -0.25) is 5.32 Å². The maximum absolute atomic E-state index is 12.1. The third-order valence-electron chi connectivity index (χ3n) is 2.98. The summed E-state index contributed by atoms with van der Waals surface area (Å²) < 4.78 is 0.854. The molecule has 3 rings (SSSR count). The number of hydrogen-bond donors (Lipinski definition) is 2. The molecule has 0 saturated carbocycles. The molecule has 2 amide bonds. The van der Waals surface area contributed by atoms with Crippen molar-refractivity contribution in [2.45, 2.75) is 0 Å². The van der Waals surface area contributed by atoms with Crippen LogP contribution in [0, 0.1) is 11.3 Å². The summed E-state index contributed by atoms with van der Waals surface area (Å²) in [5, 5.41) is 15.4. The van der Waals surface area contributed by atoms with Crippen molar-refractivity contribution in [2.75, 3.05) is 10.6 Å². The number of nitriles is 1. The van der Waals surface area contributed by atoms with Crippen LogP contribution >= 0.6 is 46.1 Å². The van der Waals surface area contributed by atoms with E-state index in [1.165, 1.54) is 23.5 Å². The fourth-order valence-electron chi connectivity index (χ4n) is 1.95. The van der Waals surface area contributed by atoms with Gasteiger partial charge in [0.1, 0.15) is 0 Å². The predicted octanol–water partition coefficient (Wildman–Crippen LogP) is 5.77. The van der Waals surface area contributed by atoms with Crippen LogP contribution in [0.25, 0.3) is 10.2 Å². The largest absolute Gasteiger partial charge is 0.325 e. The first-order valence-electron chi connectivity index (χ1n) is 6.49. The van der Waals surface area contributed by atoms with Crippen molar-refractivity contribution in [1.29, 1.82) is 5.26 Å². The zero-order valence-corrected chi connectivity index (χ0v) is 14.8. The Hall–Kier alpha value is -2.04. The van der Waals surface area contributed by atoms with Crippen molar-refractivity contribution in [2.24, 2.45) is 0 Å². The van der Waals surface area contributed by atoms with Gasteiger partial charge < -0.3 is 5.32 Å². The average molecular weight is 398 g/mol. The number of nitrogens with zero attached hydrogens (tertiary/aromatic N) is 2. The molecule has 0 fully saturated rings.